The number of nitrogens with one attached hydrogen (secondary N) is 2. The van der Waals surface area contributed by atoms with Gasteiger partial charge in [-0.3, -0.25) is 0 Å². The Labute approximate surface area is 131 Å². The molecule has 0 saturated carbocycles. The maximum Gasteiger partial charge on any atom is 0.136 e. The number of nitrogens with zero attached hydrogens (tertiary/aromatic N) is 2. The molecule has 21 heavy (non-hydrogen) atoms. The minimum absolute atomic E-state index is 0.269. The Hall–Kier alpha value is -1.81. The van der Waals surface area contributed by atoms with E-state index in [1.54, 1.807) is 0 Å². The first kappa shape index (κ1) is 15.6. The van der Waals surface area contributed by atoms with E-state index < -0.39 is 0 Å². The lowest BCUT2D eigenvalue weighted by molar-refractivity contribution is 0.777. The lowest BCUT2D eigenvalue weighted by atomic mass is 10.2. The van der Waals surface area contributed by atoms with Gasteiger partial charge in [0.05, 0.1) is 0 Å². The molecule has 0 spiro atoms. The molecular formula is C16H21ClN4. The Balaban J connectivity index is 2.31. The van der Waals surface area contributed by atoms with Crippen molar-refractivity contribution in [1.82, 2.24) is 9.97 Å². The molecule has 2 N–H and O–H groups in total. The highest BCUT2D eigenvalue weighted by Gasteiger charge is 2.08. The second-order valence-electron chi connectivity index (χ2n) is 5.27. The Morgan fingerprint density at radius 2 is 1.86 bits per heavy atom. The molecule has 0 amide bonds. The van der Waals surface area contributed by atoms with Crippen LogP contribution in [-0.2, 0) is 0 Å². The van der Waals surface area contributed by atoms with Gasteiger partial charge in [-0.2, -0.15) is 0 Å². The highest BCUT2D eigenvalue weighted by Crippen LogP contribution is 2.24. The van der Waals surface area contributed by atoms with Gasteiger partial charge in [0.1, 0.15) is 17.5 Å². The first-order chi connectivity index (χ1) is 9.99. The standard InChI is InChI=1S/C16H21ClN4/c1-5-18-14-9-15(21-16(20-14)10(2)3)19-12-7-6-11(4)13(17)8-12/h6-10H,5H2,1-4H3,(H2,18,19,20,21). The van der Waals surface area contributed by atoms with E-state index in [0.717, 1.165) is 40.3 Å². The van der Waals surface area contributed by atoms with Crippen LogP contribution in [0.5, 0.6) is 0 Å². The third-order valence-electron chi connectivity index (χ3n) is 3.06. The lowest BCUT2D eigenvalue weighted by Crippen LogP contribution is -2.07. The average molecular weight is 305 g/mol. The summed E-state index contributed by atoms with van der Waals surface area (Å²) in [6, 6.07) is 7.79. The maximum atomic E-state index is 6.16. The van der Waals surface area contributed by atoms with E-state index in [1.807, 2.05) is 38.1 Å². The van der Waals surface area contributed by atoms with Crippen LogP contribution in [0.4, 0.5) is 17.3 Å². The molecule has 0 aliphatic heterocycles. The van der Waals surface area contributed by atoms with E-state index in [2.05, 4.69) is 34.4 Å². The number of anilines is 3. The molecule has 112 valence electrons. The van der Waals surface area contributed by atoms with Crippen molar-refractivity contribution in [2.45, 2.75) is 33.6 Å². The van der Waals surface area contributed by atoms with Gasteiger partial charge in [-0.05, 0) is 31.5 Å². The fourth-order valence-electron chi connectivity index (χ4n) is 1.88. The van der Waals surface area contributed by atoms with Crippen LogP contribution in [0.3, 0.4) is 0 Å². The number of halogens is 1. The van der Waals surface area contributed by atoms with Gasteiger partial charge in [0.25, 0.3) is 0 Å². The van der Waals surface area contributed by atoms with Crippen molar-refractivity contribution in [1.29, 1.82) is 0 Å². The molecule has 0 bridgehead atoms. The van der Waals surface area contributed by atoms with Crippen LogP contribution in [0, 0.1) is 6.92 Å². The number of rotatable bonds is 5. The third kappa shape index (κ3) is 4.08. The summed E-state index contributed by atoms with van der Waals surface area (Å²) >= 11 is 6.16. The van der Waals surface area contributed by atoms with Gasteiger partial charge in [-0.15, -0.1) is 0 Å². The number of aryl methyl sites for hydroxylation is 1. The topological polar surface area (TPSA) is 49.8 Å². The molecule has 0 radical (unpaired) electrons. The number of benzene rings is 1. The van der Waals surface area contributed by atoms with Crippen LogP contribution in [-0.4, -0.2) is 16.5 Å². The minimum atomic E-state index is 0.269. The van der Waals surface area contributed by atoms with Gasteiger partial charge in [-0.1, -0.05) is 31.5 Å². The second kappa shape index (κ2) is 6.76. The zero-order valence-corrected chi connectivity index (χ0v) is 13.6. The quantitative estimate of drug-likeness (QED) is 0.838. The molecule has 1 heterocycles. The molecule has 0 aliphatic rings. The van der Waals surface area contributed by atoms with Crippen LogP contribution < -0.4 is 10.6 Å². The fraction of sp³-hybridized carbons (Fsp3) is 0.375. The highest BCUT2D eigenvalue weighted by molar-refractivity contribution is 6.31. The van der Waals surface area contributed by atoms with E-state index in [0.29, 0.717) is 0 Å². The van der Waals surface area contributed by atoms with Gasteiger partial charge in [0.2, 0.25) is 0 Å². The Bertz CT molecular complexity index is 626. The van der Waals surface area contributed by atoms with Crippen LogP contribution in [0.2, 0.25) is 5.02 Å². The molecule has 2 rings (SSSR count). The Morgan fingerprint density at radius 3 is 2.48 bits per heavy atom. The van der Waals surface area contributed by atoms with Crippen LogP contribution in [0.1, 0.15) is 38.1 Å². The SMILES string of the molecule is CCNc1cc(Nc2ccc(C)c(Cl)c2)nc(C(C)C)n1. The summed E-state index contributed by atoms with van der Waals surface area (Å²) in [6.07, 6.45) is 0. The maximum absolute atomic E-state index is 6.16. The molecule has 0 saturated heterocycles. The minimum Gasteiger partial charge on any atom is -0.370 e. The number of hydrogen-bond donors (Lipinski definition) is 2. The smallest absolute Gasteiger partial charge is 0.136 e. The Morgan fingerprint density at radius 1 is 1.14 bits per heavy atom. The summed E-state index contributed by atoms with van der Waals surface area (Å²) in [5, 5.41) is 7.26. The molecule has 0 atom stereocenters. The molecule has 1 aromatic heterocycles. The highest BCUT2D eigenvalue weighted by atomic mass is 35.5. The van der Waals surface area contributed by atoms with Crippen LogP contribution in [0.15, 0.2) is 24.3 Å². The number of aromatic nitrogens is 2. The van der Waals surface area contributed by atoms with Crippen molar-refractivity contribution in [2.75, 3.05) is 17.2 Å². The van der Waals surface area contributed by atoms with E-state index in [9.17, 15) is 0 Å². The van der Waals surface area contributed by atoms with Gasteiger partial charge in [-0.25, -0.2) is 9.97 Å². The van der Waals surface area contributed by atoms with Crippen molar-refractivity contribution >= 4 is 28.9 Å². The predicted octanol–water partition coefficient (Wildman–Crippen LogP) is 4.74. The summed E-state index contributed by atoms with van der Waals surface area (Å²) in [4.78, 5) is 9.06. The van der Waals surface area contributed by atoms with Gasteiger partial charge in [0, 0.05) is 29.2 Å². The molecule has 5 heteroatoms. The van der Waals surface area contributed by atoms with Gasteiger partial charge in [0.15, 0.2) is 0 Å². The first-order valence-electron chi connectivity index (χ1n) is 7.15. The molecule has 0 unspecified atom stereocenters. The summed E-state index contributed by atoms with van der Waals surface area (Å²) < 4.78 is 0. The van der Waals surface area contributed by atoms with E-state index in [-0.39, 0.29) is 5.92 Å². The zero-order chi connectivity index (χ0) is 15.4. The predicted molar refractivity (Wildman–Crippen MR) is 89.8 cm³/mol. The number of hydrogen-bond acceptors (Lipinski definition) is 4. The summed E-state index contributed by atoms with van der Waals surface area (Å²) in [7, 11) is 0. The monoisotopic (exact) mass is 304 g/mol. The van der Waals surface area contributed by atoms with Crippen molar-refractivity contribution in [3.63, 3.8) is 0 Å². The molecular weight excluding hydrogens is 284 g/mol. The Kier molecular flexibility index (Phi) is 5.02. The van der Waals surface area contributed by atoms with Gasteiger partial charge >= 0.3 is 0 Å². The average Bonchev–Trinajstić information content (AvgIpc) is 2.43. The van der Waals surface area contributed by atoms with E-state index in [4.69, 9.17) is 11.6 Å². The molecule has 0 fully saturated rings. The molecule has 4 nitrogen and oxygen atoms in total. The zero-order valence-electron chi connectivity index (χ0n) is 12.9. The van der Waals surface area contributed by atoms with E-state index in [1.165, 1.54) is 0 Å². The van der Waals surface area contributed by atoms with Crippen LogP contribution >= 0.6 is 11.6 Å². The van der Waals surface area contributed by atoms with Crippen molar-refractivity contribution in [3.8, 4) is 0 Å². The lowest BCUT2D eigenvalue weighted by Gasteiger charge is -2.12. The summed E-state index contributed by atoms with van der Waals surface area (Å²) in [6.45, 7) is 9.01. The van der Waals surface area contributed by atoms with Gasteiger partial charge < -0.3 is 10.6 Å². The molecule has 0 aliphatic carbocycles. The summed E-state index contributed by atoms with van der Waals surface area (Å²) in [5.41, 5.74) is 1.97. The fourth-order valence-corrected chi connectivity index (χ4v) is 2.06. The van der Waals surface area contributed by atoms with E-state index >= 15 is 0 Å². The summed E-state index contributed by atoms with van der Waals surface area (Å²) in [5.74, 6) is 2.68. The van der Waals surface area contributed by atoms with Crippen molar-refractivity contribution in [2.24, 2.45) is 0 Å². The third-order valence-corrected chi connectivity index (χ3v) is 3.47. The largest absolute Gasteiger partial charge is 0.370 e. The second-order valence-corrected chi connectivity index (χ2v) is 5.68. The van der Waals surface area contributed by atoms with Crippen molar-refractivity contribution in [3.05, 3.63) is 40.7 Å². The molecule has 1 aromatic carbocycles. The normalized spacial score (nSPS) is 10.8. The van der Waals surface area contributed by atoms with Crippen LogP contribution in [0.25, 0.3) is 0 Å². The van der Waals surface area contributed by atoms with Crippen molar-refractivity contribution < 1.29 is 0 Å². The molecule has 2 aromatic rings. The first-order valence-corrected chi connectivity index (χ1v) is 7.53.